The van der Waals surface area contributed by atoms with E-state index >= 15 is 0 Å². The van der Waals surface area contributed by atoms with E-state index in [-0.39, 0.29) is 5.62 Å². The van der Waals surface area contributed by atoms with E-state index in [1.165, 1.54) is 25.3 Å². The monoisotopic (exact) mass is 236 g/mol. The fraction of sp³-hybridized carbons (Fsp3) is 0.600. The van der Waals surface area contributed by atoms with Gasteiger partial charge in [0.05, 0.1) is 0 Å². The van der Waals surface area contributed by atoms with Crippen LogP contribution >= 0.6 is 0 Å². The predicted molar refractivity (Wildman–Crippen MR) is 60.6 cm³/mol. The van der Waals surface area contributed by atoms with E-state index in [9.17, 15) is 4.79 Å². The van der Waals surface area contributed by atoms with Crippen LogP contribution in [-0.2, 0) is 6.54 Å². The van der Waals surface area contributed by atoms with E-state index < -0.39 is 5.56 Å². The lowest BCUT2D eigenvalue weighted by Crippen LogP contribution is -2.35. The van der Waals surface area contributed by atoms with Crippen LogP contribution in [0.4, 0.5) is 0 Å². The molecule has 0 spiro atoms. The minimum Gasteiger partial charge on any atom is -0.327 e. The first kappa shape index (κ1) is 11.7. The summed E-state index contributed by atoms with van der Waals surface area (Å²) in [5.74, 6) is 0. The van der Waals surface area contributed by atoms with Gasteiger partial charge in [0.1, 0.15) is 0 Å². The third-order valence-electron chi connectivity index (χ3n) is 2.94. The maximum Gasteiger partial charge on any atom is 0.277 e. The Morgan fingerprint density at radius 1 is 1.35 bits per heavy atom. The molecule has 1 aliphatic heterocycles. The third-order valence-corrected chi connectivity index (χ3v) is 2.94. The van der Waals surface area contributed by atoms with Crippen LogP contribution in [0.5, 0.6) is 0 Å². The SMILES string of the molecule is N=Nn1c(=O)cc(CN2CCCCC2)[nH]c1=N. The van der Waals surface area contributed by atoms with Crippen molar-refractivity contribution in [2.75, 3.05) is 13.1 Å². The van der Waals surface area contributed by atoms with Crippen LogP contribution < -0.4 is 11.2 Å². The van der Waals surface area contributed by atoms with E-state index in [0.717, 1.165) is 17.8 Å². The molecule has 3 N–H and O–H groups in total. The van der Waals surface area contributed by atoms with Crippen LogP contribution in [0, 0.1) is 10.9 Å². The molecule has 92 valence electrons. The van der Waals surface area contributed by atoms with Crippen LogP contribution in [0.25, 0.3) is 0 Å². The lowest BCUT2D eigenvalue weighted by atomic mass is 10.1. The fourth-order valence-electron chi connectivity index (χ4n) is 2.10. The topological polar surface area (TPSA) is 101 Å². The molecule has 0 bridgehead atoms. The third kappa shape index (κ3) is 2.68. The van der Waals surface area contributed by atoms with Crippen molar-refractivity contribution in [1.29, 1.82) is 10.9 Å². The van der Waals surface area contributed by atoms with Crippen molar-refractivity contribution >= 4 is 0 Å². The molecule has 0 amide bonds. The van der Waals surface area contributed by atoms with Gasteiger partial charge < -0.3 is 4.98 Å². The second kappa shape index (κ2) is 5.05. The molecule has 2 rings (SSSR count). The molecule has 0 aromatic carbocycles. The van der Waals surface area contributed by atoms with Crippen LogP contribution in [0.2, 0.25) is 0 Å². The van der Waals surface area contributed by atoms with E-state index in [1.807, 2.05) is 0 Å². The molecular weight excluding hydrogens is 220 g/mol. The number of likely N-dealkylation sites (tertiary alicyclic amines) is 1. The Hall–Kier alpha value is -1.76. The molecule has 0 saturated carbocycles. The molecule has 7 heteroatoms. The van der Waals surface area contributed by atoms with E-state index in [1.54, 1.807) is 0 Å². The second-order valence-corrected chi connectivity index (χ2v) is 4.23. The normalized spacial score (nSPS) is 16.9. The maximum atomic E-state index is 11.5. The Bertz CT molecular complexity index is 479. The summed E-state index contributed by atoms with van der Waals surface area (Å²) in [5.41, 5.74) is 6.91. The predicted octanol–water partition coefficient (Wildman–Crippen LogP) is 0.436. The first-order valence-corrected chi connectivity index (χ1v) is 5.70. The minimum atomic E-state index is -0.434. The zero-order valence-electron chi connectivity index (χ0n) is 9.57. The number of aromatic nitrogens is 2. The van der Waals surface area contributed by atoms with Crippen molar-refractivity contribution in [1.82, 2.24) is 14.6 Å². The van der Waals surface area contributed by atoms with Crippen molar-refractivity contribution in [3.8, 4) is 0 Å². The molecule has 1 aromatic heterocycles. The van der Waals surface area contributed by atoms with Gasteiger partial charge in [-0.25, -0.2) is 0 Å². The first-order chi connectivity index (χ1) is 8.20. The number of rotatable bonds is 3. The van der Waals surface area contributed by atoms with Gasteiger partial charge in [0, 0.05) is 18.3 Å². The summed E-state index contributed by atoms with van der Waals surface area (Å²) in [5, 5.41) is 10.5. The molecule has 17 heavy (non-hydrogen) atoms. The van der Waals surface area contributed by atoms with Crippen LogP contribution in [0.15, 0.2) is 16.1 Å². The van der Waals surface area contributed by atoms with Crippen LogP contribution in [0.3, 0.4) is 0 Å². The average molecular weight is 236 g/mol. The average Bonchev–Trinajstić information content (AvgIpc) is 2.30. The van der Waals surface area contributed by atoms with Gasteiger partial charge >= 0.3 is 0 Å². The molecule has 1 aromatic rings. The molecule has 0 unspecified atom stereocenters. The number of hydrogen-bond acceptors (Lipinski definition) is 5. The Kier molecular flexibility index (Phi) is 3.48. The molecule has 1 aliphatic rings. The highest BCUT2D eigenvalue weighted by atomic mass is 16.1. The summed E-state index contributed by atoms with van der Waals surface area (Å²) in [7, 11) is 0. The first-order valence-electron chi connectivity index (χ1n) is 5.70. The van der Waals surface area contributed by atoms with Crippen molar-refractivity contribution in [3.05, 3.63) is 27.7 Å². The van der Waals surface area contributed by atoms with Gasteiger partial charge in [-0.1, -0.05) is 11.6 Å². The summed E-state index contributed by atoms with van der Waals surface area (Å²) < 4.78 is 0.722. The van der Waals surface area contributed by atoms with E-state index in [2.05, 4.69) is 15.1 Å². The molecule has 1 fully saturated rings. The number of aromatic amines is 1. The zero-order valence-corrected chi connectivity index (χ0v) is 9.57. The molecule has 0 atom stereocenters. The molecule has 1 saturated heterocycles. The Morgan fingerprint density at radius 2 is 2.06 bits per heavy atom. The summed E-state index contributed by atoms with van der Waals surface area (Å²) in [6, 6.07) is 1.41. The zero-order chi connectivity index (χ0) is 12.3. The maximum absolute atomic E-state index is 11.5. The summed E-state index contributed by atoms with van der Waals surface area (Å²) in [4.78, 5) is 16.6. The Balaban J connectivity index is 2.19. The fourth-order valence-corrected chi connectivity index (χ4v) is 2.10. The van der Waals surface area contributed by atoms with Gasteiger partial charge in [-0.15, -0.1) is 4.68 Å². The van der Waals surface area contributed by atoms with Gasteiger partial charge in [0.25, 0.3) is 5.56 Å². The standard InChI is InChI=1S/C10H16N6O/c11-10-13-8(6-9(17)16(10)14-12)7-15-4-2-1-3-5-15/h6,12H,1-5,7H2,(H2,11,13). The quantitative estimate of drug-likeness (QED) is 0.663. The van der Waals surface area contributed by atoms with Gasteiger partial charge in [-0.05, 0) is 25.9 Å². The number of hydrogen-bond donors (Lipinski definition) is 3. The van der Waals surface area contributed by atoms with Crippen LogP contribution in [0.1, 0.15) is 25.0 Å². The van der Waals surface area contributed by atoms with Crippen molar-refractivity contribution in [2.45, 2.75) is 25.8 Å². The Labute approximate surface area is 98.1 Å². The lowest BCUT2D eigenvalue weighted by Gasteiger charge is -2.26. The minimum absolute atomic E-state index is 0.153. The number of nitrogens with zero attached hydrogens (tertiary/aromatic N) is 3. The lowest BCUT2D eigenvalue weighted by molar-refractivity contribution is 0.218. The molecule has 7 nitrogen and oxygen atoms in total. The highest BCUT2D eigenvalue weighted by molar-refractivity contribution is 4.99. The number of piperidine rings is 1. The van der Waals surface area contributed by atoms with Gasteiger partial charge in [-0.3, -0.25) is 15.1 Å². The van der Waals surface area contributed by atoms with E-state index in [0.29, 0.717) is 12.2 Å². The smallest absolute Gasteiger partial charge is 0.277 e. The van der Waals surface area contributed by atoms with Crippen molar-refractivity contribution < 1.29 is 0 Å². The summed E-state index contributed by atoms with van der Waals surface area (Å²) in [6.07, 6.45) is 3.64. The van der Waals surface area contributed by atoms with Gasteiger partial charge in [0.2, 0.25) is 5.62 Å². The molecule has 0 aliphatic carbocycles. The summed E-state index contributed by atoms with van der Waals surface area (Å²) in [6.45, 7) is 2.72. The number of H-pyrrole nitrogens is 1. The highest BCUT2D eigenvalue weighted by Crippen LogP contribution is 2.10. The van der Waals surface area contributed by atoms with E-state index in [4.69, 9.17) is 10.9 Å². The van der Waals surface area contributed by atoms with Crippen LogP contribution in [-0.4, -0.2) is 27.6 Å². The molecule has 0 radical (unpaired) electrons. The second-order valence-electron chi connectivity index (χ2n) is 4.23. The molecule has 2 heterocycles. The number of nitrogens with one attached hydrogen (secondary N) is 3. The largest absolute Gasteiger partial charge is 0.327 e. The Morgan fingerprint density at radius 3 is 2.65 bits per heavy atom. The van der Waals surface area contributed by atoms with Gasteiger partial charge in [0.15, 0.2) is 0 Å². The van der Waals surface area contributed by atoms with Crippen molar-refractivity contribution in [2.24, 2.45) is 5.22 Å². The van der Waals surface area contributed by atoms with Gasteiger partial charge in [-0.2, -0.15) is 5.53 Å². The highest BCUT2D eigenvalue weighted by Gasteiger charge is 2.11. The summed E-state index contributed by atoms with van der Waals surface area (Å²) >= 11 is 0. The molecular formula is C10H16N6O. The van der Waals surface area contributed by atoms with Crippen molar-refractivity contribution in [3.63, 3.8) is 0 Å².